The molecule has 0 spiro atoms. The molecule has 0 aliphatic rings. The summed E-state index contributed by atoms with van der Waals surface area (Å²) in [5.41, 5.74) is 1.13. The van der Waals surface area contributed by atoms with Crippen molar-refractivity contribution in [1.82, 2.24) is 14.6 Å². The van der Waals surface area contributed by atoms with Gasteiger partial charge in [0.15, 0.2) is 11.6 Å². The predicted octanol–water partition coefficient (Wildman–Crippen LogP) is 3.04. The smallest absolute Gasteiger partial charge is 0.212 e. The van der Waals surface area contributed by atoms with Crippen molar-refractivity contribution in [3.8, 4) is 11.3 Å². The molecule has 17 heavy (non-hydrogen) atoms. The van der Waals surface area contributed by atoms with Gasteiger partial charge in [-0.3, -0.25) is 0 Å². The molecule has 0 amide bonds. The van der Waals surface area contributed by atoms with Crippen molar-refractivity contribution >= 4 is 16.3 Å². The van der Waals surface area contributed by atoms with Crippen molar-refractivity contribution in [2.24, 2.45) is 0 Å². The minimum absolute atomic E-state index is 0.541. The van der Waals surface area contributed by atoms with Gasteiger partial charge in [0.1, 0.15) is 5.01 Å². The number of rotatable bonds is 1. The highest BCUT2D eigenvalue weighted by atomic mass is 32.1. The van der Waals surface area contributed by atoms with Gasteiger partial charge < -0.3 is 0 Å². The Bertz CT molecular complexity index is 670. The number of aromatic nitrogens is 3. The Morgan fingerprint density at radius 3 is 2.76 bits per heavy atom. The van der Waals surface area contributed by atoms with Crippen LogP contribution in [0.5, 0.6) is 0 Å². The van der Waals surface area contributed by atoms with Crippen LogP contribution in [0, 0.1) is 18.6 Å². The molecule has 0 saturated carbocycles. The van der Waals surface area contributed by atoms with Crippen LogP contribution < -0.4 is 0 Å². The van der Waals surface area contributed by atoms with Crippen LogP contribution in [0.15, 0.2) is 24.4 Å². The molecule has 0 aliphatic heterocycles. The second-order valence-electron chi connectivity index (χ2n) is 3.60. The number of imidazole rings is 1. The highest BCUT2D eigenvalue weighted by Gasteiger charge is 2.10. The molecule has 86 valence electrons. The van der Waals surface area contributed by atoms with Crippen molar-refractivity contribution in [2.45, 2.75) is 6.92 Å². The van der Waals surface area contributed by atoms with Gasteiger partial charge in [-0.1, -0.05) is 11.3 Å². The van der Waals surface area contributed by atoms with Gasteiger partial charge in [-0.25, -0.2) is 18.3 Å². The minimum Gasteiger partial charge on any atom is -0.217 e. The van der Waals surface area contributed by atoms with Crippen LogP contribution in [-0.2, 0) is 0 Å². The third-order valence-corrected chi connectivity index (χ3v) is 3.20. The number of nitrogens with zero attached hydrogens (tertiary/aromatic N) is 3. The van der Waals surface area contributed by atoms with Crippen LogP contribution >= 0.6 is 11.3 Å². The molecule has 0 atom stereocenters. The SMILES string of the molecule is Cc1nn2cc(-c3ccc(F)c(F)c3)nc2s1. The van der Waals surface area contributed by atoms with Crippen molar-refractivity contribution in [3.63, 3.8) is 0 Å². The molecule has 1 aromatic carbocycles. The third-order valence-electron chi connectivity index (χ3n) is 2.36. The Morgan fingerprint density at radius 2 is 2.06 bits per heavy atom. The fourth-order valence-corrected chi connectivity index (χ4v) is 2.32. The van der Waals surface area contributed by atoms with Crippen LogP contribution in [0.2, 0.25) is 0 Å². The van der Waals surface area contributed by atoms with Gasteiger partial charge >= 0.3 is 0 Å². The average molecular weight is 251 g/mol. The lowest BCUT2D eigenvalue weighted by molar-refractivity contribution is 0.509. The number of fused-ring (bicyclic) bond motifs is 1. The van der Waals surface area contributed by atoms with E-state index >= 15 is 0 Å². The Balaban J connectivity index is 2.13. The highest BCUT2D eigenvalue weighted by molar-refractivity contribution is 7.16. The molecule has 0 unspecified atom stereocenters. The van der Waals surface area contributed by atoms with E-state index in [2.05, 4.69) is 10.1 Å². The number of aryl methyl sites for hydroxylation is 1. The number of hydrogen-bond donors (Lipinski definition) is 0. The van der Waals surface area contributed by atoms with Gasteiger partial charge in [0.05, 0.1) is 11.9 Å². The Labute approximate surface area is 99.4 Å². The molecule has 6 heteroatoms. The van der Waals surface area contributed by atoms with E-state index in [1.54, 1.807) is 10.7 Å². The Morgan fingerprint density at radius 1 is 1.24 bits per heavy atom. The first-order valence-corrected chi connectivity index (χ1v) is 5.73. The van der Waals surface area contributed by atoms with Crippen molar-refractivity contribution in [2.75, 3.05) is 0 Å². The molecule has 2 heterocycles. The quantitative estimate of drug-likeness (QED) is 0.665. The topological polar surface area (TPSA) is 30.2 Å². The molecular formula is C11H7F2N3S. The minimum atomic E-state index is -0.872. The maximum Gasteiger partial charge on any atom is 0.212 e. The predicted molar refractivity (Wildman–Crippen MR) is 61.0 cm³/mol. The van der Waals surface area contributed by atoms with Crippen LogP contribution in [0.1, 0.15) is 5.01 Å². The summed E-state index contributed by atoms with van der Waals surface area (Å²) in [4.78, 5) is 5.04. The van der Waals surface area contributed by atoms with E-state index in [1.807, 2.05) is 6.92 Å². The van der Waals surface area contributed by atoms with Gasteiger partial charge in [-0.05, 0) is 25.1 Å². The number of halogens is 2. The lowest BCUT2D eigenvalue weighted by Gasteiger charge is -1.97. The summed E-state index contributed by atoms with van der Waals surface area (Å²) in [6.07, 6.45) is 1.70. The van der Waals surface area contributed by atoms with E-state index in [0.717, 1.165) is 22.1 Å². The first-order valence-electron chi connectivity index (χ1n) is 4.92. The van der Waals surface area contributed by atoms with E-state index < -0.39 is 11.6 Å². The number of hydrogen-bond acceptors (Lipinski definition) is 3. The molecule has 0 bridgehead atoms. The lowest BCUT2D eigenvalue weighted by atomic mass is 10.1. The molecule has 2 aromatic heterocycles. The molecule has 3 aromatic rings. The van der Waals surface area contributed by atoms with E-state index in [9.17, 15) is 8.78 Å². The maximum absolute atomic E-state index is 13.1. The normalized spacial score (nSPS) is 11.2. The van der Waals surface area contributed by atoms with Crippen LogP contribution in [0.25, 0.3) is 16.2 Å². The van der Waals surface area contributed by atoms with E-state index in [1.165, 1.54) is 17.4 Å². The third kappa shape index (κ3) is 1.70. The fourth-order valence-electron chi connectivity index (χ4n) is 1.59. The monoisotopic (exact) mass is 251 g/mol. The fraction of sp³-hybridized carbons (Fsp3) is 0.0909. The first-order chi connectivity index (χ1) is 8.13. The van der Waals surface area contributed by atoms with E-state index in [-0.39, 0.29) is 0 Å². The summed E-state index contributed by atoms with van der Waals surface area (Å²) in [5.74, 6) is -1.73. The number of benzene rings is 1. The van der Waals surface area contributed by atoms with Gasteiger partial charge in [0.2, 0.25) is 4.96 Å². The largest absolute Gasteiger partial charge is 0.217 e. The molecular weight excluding hydrogens is 244 g/mol. The highest BCUT2D eigenvalue weighted by Crippen LogP contribution is 2.23. The standard InChI is InChI=1S/C11H7F2N3S/c1-6-15-16-5-10(14-11(16)17-6)7-2-3-8(12)9(13)4-7/h2-5H,1H3. The summed E-state index contributed by atoms with van der Waals surface area (Å²) in [6, 6.07) is 3.73. The summed E-state index contributed by atoms with van der Waals surface area (Å²) in [6.45, 7) is 1.89. The Hall–Kier alpha value is -1.82. The summed E-state index contributed by atoms with van der Waals surface area (Å²) >= 11 is 1.45. The second-order valence-corrected chi connectivity index (χ2v) is 4.76. The van der Waals surface area contributed by atoms with E-state index in [4.69, 9.17) is 0 Å². The molecule has 3 nitrogen and oxygen atoms in total. The summed E-state index contributed by atoms with van der Waals surface area (Å²) in [7, 11) is 0. The average Bonchev–Trinajstić information content (AvgIpc) is 2.79. The van der Waals surface area contributed by atoms with Crippen molar-refractivity contribution in [1.29, 1.82) is 0 Å². The molecule has 0 radical (unpaired) electrons. The maximum atomic E-state index is 13.1. The van der Waals surface area contributed by atoms with Gasteiger partial charge in [-0.2, -0.15) is 5.10 Å². The van der Waals surface area contributed by atoms with Crippen molar-refractivity contribution < 1.29 is 8.78 Å². The molecule has 0 N–H and O–H groups in total. The van der Waals surface area contributed by atoms with Gasteiger partial charge in [0, 0.05) is 5.56 Å². The van der Waals surface area contributed by atoms with Crippen LogP contribution in [0.3, 0.4) is 0 Å². The van der Waals surface area contributed by atoms with Crippen molar-refractivity contribution in [3.05, 3.63) is 41.0 Å². The molecule has 0 aliphatic carbocycles. The first kappa shape index (κ1) is 10.3. The van der Waals surface area contributed by atoms with E-state index in [0.29, 0.717) is 11.3 Å². The van der Waals surface area contributed by atoms with Gasteiger partial charge in [-0.15, -0.1) is 0 Å². The van der Waals surface area contributed by atoms with Gasteiger partial charge in [0.25, 0.3) is 0 Å². The zero-order valence-corrected chi connectivity index (χ0v) is 9.63. The molecule has 0 saturated heterocycles. The molecule has 0 fully saturated rings. The zero-order valence-electron chi connectivity index (χ0n) is 8.82. The zero-order chi connectivity index (χ0) is 12.0. The summed E-state index contributed by atoms with van der Waals surface area (Å²) < 4.78 is 27.5. The lowest BCUT2D eigenvalue weighted by Crippen LogP contribution is -1.85. The summed E-state index contributed by atoms with van der Waals surface area (Å²) in [5, 5.41) is 5.11. The van der Waals surface area contributed by atoms with Crippen LogP contribution in [0.4, 0.5) is 8.78 Å². The molecule has 3 rings (SSSR count). The van der Waals surface area contributed by atoms with Crippen LogP contribution in [-0.4, -0.2) is 14.6 Å². The Kier molecular flexibility index (Phi) is 2.19. The second kappa shape index (κ2) is 3.59.